The van der Waals surface area contributed by atoms with Crippen LogP contribution in [-0.2, 0) is 11.2 Å². The molecular formula is C26H27ClN4O3. The fourth-order valence-electron chi connectivity index (χ4n) is 3.59. The summed E-state index contributed by atoms with van der Waals surface area (Å²) < 4.78 is 5.34. The molecule has 2 N–H and O–H groups in total. The van der Waals surface area contributed by atoms with Gasteiger partial charge in [0.1, 0.15) is 11.7 Å². The largest absolute Gasteiger partial charge is 0.378 e. The average molecular weight is 479 g/mol. The molecule has 34 heavy (non-hydrogen) atoms. The monoisotopic (exact) mass is 478 g/mol. The van der Waals surface area contributed by atoms with E-state index in [2.05, 4.69) is 10.3 Å². The Labute approximate surface area is 204 Å². The first-order valence-electron chi connectivity index (χ1n) is 10.6. The second-order valence-electron chi connectivity index (χ2n) is 7.60. The van der Waals surface area contributed by atoms with E-state index in [1.807, 2.05) is 4.90 Å². The number of nitrogens with zero attached hydrogens (tertiary/aromatic N) is 2. The first-order valence-corrected chi connectivity index (χ1v) is 10.9. The summed E-state index contributed by atoms with van der Waals surface area (Å²) in [6.45, 7) is 2.59. The van der Waals surface area contributed by atoms with Gasteiger partial charge in [-0.05, 0) is 23.8 Å². The highest BCUT2D eigenvalue weighted by atomic mass is 35.5. The minimum atomic E-state index is -0.345. The van der Waals surface area contributed by atoms with Gasteiger partial charge in [-0.1, -0.05) is 61.5 Å². The molecule has 0 aliphatic carbocycles. The standard InChI is InChI=1S/C25H23ClN4O3.CH4/c26-20-9-10-23(28-16-20)29-25(32)21-4-2-1-3-19(21)15-22(31)17-5-7-18(8-6-17)24(27)30-11-13-33-14-12-30;/h1-10,16,27H,11-15H2,(H,28,29,32);1H4. The van der Waals surface area contributed by atoms with Crippen molar-refractivity contribution in [1.29, 1.82) is 5.41 Å². The van der Waals surface area contributed by atoms with E-state index in [9.17, 15) is 9.59 Å². The molecule has 7 nitrogen and oxygen atoms in total. The highest BCUT2D eigenvalue weighted by Crippen LogP contribution is 2.17. The predicted molar refractivity (Wildman–Crippen MR) is 134 cm³/mol. The quantitative estimate of drug-likeness (QED) is 0.304. The van der Waals surface area contributed by atoms with Gasteiger partial charge < -0.3 is 15.0 Å². The van der Waals surface area contributed by atoms with Crippen LogP contribution in [0.25, 0.3) is 0 Å². The number of Topliss-reactive ketones (excluding diaryl/α,β-unsaturated/α-hetero) is 1. The molecule has 1 aliphatic heterocycles. The number of amidine groups is 1. The summed E-state index contributed by atoms with van der Waals surface area (Å²) in [4.78, 5) is 31.7. The number of pyridine rings is 1. The van der Waals surface area contributed by atoms with Crippen molar-refractivity contribution >= 4 is 34.9 Å². The number of ether oxygens (including phenoxy) is 1. The second-order valence-corrected chi connectivity index (χ2v) is 8.03. The molecule has 2 aromatic carbocycles. The van der Waals surface area contributed by atoms with Crippen molar-refractivity contribution in [2.75, 3.05) is 31.6 Å². The van der Waals surface area contributed by atoms with Crippen LogP contribution in [0.1, 0.15) is 39.3 Å². The van der Waals surface area contributed by atoms with Crippen LogP contribution in [-0.4, -0.2) is 53.7 Å². The number of benzene rings is 2. The number of anilines is 1. The molecule has 176 valence electrons. The molecule has 0 atom stereocenters. The van der Waals surface area contributed by atoms with Crippen molar-refractivity contribution in [2.45, 2.75) is 13.8 Å². The maximum absolute atomic E-state index is 12.9. The van der Waals surface area contributed by atoms with Gasteiger partial charge >= 0.3 is 0 Å². The van der Waals surface area contributed by atoms with Crippen LogP contribution in [0.4, 0.5) is 5.82 Å². The molecule has 8 heteroatoms. The van der Waals surface area contributed by atoms with Crippen molar-refractivity contribution in [3.05, 3.63) is 94.1 Å². The molecule has 4 rings (SSSR count). The van der Waals surface area contributed by atoms with Crippen molar-refractivity contribution < 1.29 is 14.3 Å². The second kappa shape index (κ2) is 11.5. The van der Waals surface area contributed by atoms with Crippen molar-refractivity contribution in [3.63, 3.8) is 0 Å². The minimum Gasteiger partial charge on any atom is -0.378 e. The first kappa shape index (κ1) is 25.1. The first-order chi connectivity index (χ1) is 16.0. The number of nitrogens with one attached hydrogen (secondary N) is 2. The van der Waals surface area contributed by atoms with Gasteiger partial charge in [0.2, 0.25) is 0 Å². The van der Waals surface area contributed by atoms with Crippen LogP contribution >= 0.6 is 11.6 Å². The molecule has 1 fully saturated rings. The third-order valence-electron chi connectivity index (χ3n) is 5.39. The third kappa shape index (κ3) is 6.07. The molecule has 3 aromatic rings. The van der Waals surface area contributed by atoms with Crippen molar-refractivity contribution in [2.24, 2.45) is 0 Å². The van der Waals surface area contributed by atoms with E-state index in [0.717, 1.165) is 5.56 Å². The topological polar surface area (TPSA) is 95.4 Å². The number of halogens is 1. The van der Waals surface area contributed by atoms with Crippen LogP contribution in [0, 0.1) is 5.41 Å². The van der Waals surface area contributed by atoms with Crippen LogP contribution < -0.4 is 5.32 Å². The summed E-state index contributed by atoms with van der Waals surface area (Å²) >= 11 is 5.84. The van der Waals surface area contributed by atoms with Gasteiger partial charge in [0.25, 0.3) is 5.91 Å². The molecule has 0 spiro atoms. The summed E-state index contributed by atoms with van der Waals surface area (Å²) in [7, 11) is 0. The van der Waals surface area contributed by atoms with Gasteiger partial charge in [-0.25, -0.2) is 4.98 Å². The molecule has 0 saturated carbocycles. The molecule has 1 amide bonds. The molecule has 0 bridgehead atoms. The summed E-state index contributed by atoms with van der Waals surface area (Å²) in [6.07, 6.45) is 1.53. The zero-order chi connectivity index (χ0) is 23.2. The lowest BCUT2D eigenvalue weighted by molar-refractivity contribution is 0.0680. The number of rotatable bonds is 6. The molecule has 0 unspecified atom stereocenters. The summed E-state index contributed by atoms with van der Waals surface area (Å²) in [6, 6.07) is 17.3. The van der Waals surface area contributed by atoms with E-state index in [4.69, 9.17) is 21.7 Å². The van der Waals surface area contributed by atoms with Gasteiger partial charge in [0, 0.05) is 42.4 Å². The van der Waals surface area contributed by atoms with Crippen molar-refractivity contribution in [1.82, 2.24) is 9.88 Å². The van der Waals surface area contributed by atoms with E-state index >= 15 is 0 Å². The van der Waals surface area contributed by atoms with Gasteiger partial charge in [-0.3, -0.25) is 15.0 Å². The summed E-state index contributed by atoms with van der Waals surface area (Å²) in [5, 5.41) is 11.6. The Morgan fingerprint density at radius 2 is 1.68 bits per heavy atom. The number of carbonyl (C=O) groups is 2. The zero-order valence-corrected chi connectivity index (χ0v) is 18.6. The molecule has 1 aliphatic rings. The van der Waals surface area contributed by atoms with Gasteiger partial charge in [-0.2, -0.15) is 0 Å². The van der Waals surface area contributed by atoms with E-state index in [1.165, 1.54) is 6.20 Å². The van der Waals surface area contributed by atoms with Crippen LogP contribution in [0.5, 0.6) is 0 Å². The lowest BCUT2D eigenvalue weighted by atomic mass is 9.97. The number of aromatic nitrogens is 1. The number of morpholine rings is 1. The zero-order valence-electron chi connectivity index (χ0n) is 17.9. The van der Waals surface area contributed by atoms with Crippen LogP contribution in [0.15, 0.2) is 66.9 Å². The Kier molecular flexibility index (Phi) is 8.51. The molecular weight excluding hydrogens is 452 g/mol. The van der Waals surface area contributed by atoms with E-state index in [-0.39, 0.29) is 25.5 Å². The van der Waals surface area contributed by atoms with Gasteiger partial charge in [0.05, 0.1) is 18.2 Å². The normalized spacial score (nSPS) is 13.0. The SMILES string of the molecule is C.N=C(c1ccc(C(=O)Cc2ccccc2C(=O)Nc2ccc(Cl)cn2)cc1)N1CCOCC1. The number of hydrogen-bond donors (Lipinski definition) is 2. The maximum atomic E-state index is 12.9. The number of ketones is 1. The lowest BCUT2D eigenvalue weighted by Crippen LogP contribution is -2.40. The lowest BCUT2D eigenvalue weighted by Gasteiger charge is -2.29. The number of amides is 1. The van der Waals surface area contributed by atoms with Crippen LogP contribution in [0.3, 0.4) is 0 Å². The highest BCUT2D eigenvalue weighted by molar-refractivity contribution is 6.30. The Balaban J connectivity index is 0.00000324. The average Bonchev–Trinajstić information content (AvgIpc) is 2.86. The van der Waals surface area contributed by atoms with E-state index < -0.39 is 0 Å². The van der Waals surface area contributed by atoms with E-state index in [1.54, 1.807) is 60.7 Å². The highest BCUT2D eigenvalue weighted by Gasteiger charge is 2.18. The van der Waals surface area contributed by atoms with Crippen molar-refractivity contribution in [3.8, 4) is 0 Å². The summed E-state index contributed by atoms with van der Waals surface area (Å²) in [5.74, 6) is 0.353. The Hall–Kier alpha value is -3.55. The van der Waals surface area contributed by atoms with Crippen LogP contribution in [0.2, 0.25) is 5.02 Å². The molecule has 0 radical (unpaired) electrons. The minimum absolute atomic E-state index is 0. The smallest absolute Gasteiger partial charge is 0.257 e. The van der Waals surface area contributed by atoms with Gasteiger partial charge in [-0.15, -0.1) is 0 Å². The Bertz CT molecular complexity index is 1160. The Morgan fingerprint density at radius 1 is 1.00 bits per heavy atom. The fraction of sp³-hybridized carbons (Fsp3) is 0.231. The fourth-order valence-corrected chi connectivity index (χ4v) is 3.70. The van der Waals surface area contributed by atoms with E-state index in [0.29, 0.717) is 59.7 Å². The molecule has 1 saturated heterocycles. The number of carbonyl (C=O) groups excluding carboxylic acids is 2. The predicted octanol–water partition coefficient (Wildman–Crippen LogP) is 4.71. The van der Waals surface area contributed by atoms with Gasteiger partial charge in [0.15, 0.2) is 5.78 Å². The summed E-state index contributed by atoms with van der Waals surface area (Å²) in [5.41, 5.74) is 2.32. The number of hydrogen-bond acceptors (Lipinski definition) is 5. The Morgan fingerprint density at radius 3 is 2.35 bits per heavy atom. The maximum Gasteiger partial charge on any atom is 0.257 e. The molecule has 2 heterocycles. The molecule has 1 aromatic heterocycles. The third-order valence-corrected chi connectivity index (χ3v) is 5.61.